The van der Waals surface area contributed by atoms with Crippen molar-refractivity contribution in [3.8, 4) is 5.75 Å². The normalized spacial score (nSPS) is 10.3. The molecule has 0 saturated heterocycles. The fourth-order valence-electron chi connectivity index (χ4n) is 3.66. The van der Waals surface area contributed by atoms with Crippen molar-refractivity contribution in [1.29, 1.82) is 0 Å². The lowest BCUT2D eigenvalue weighted by Crippen LogP contribution is -2.21. The van der Waals surface area contributed by atoms with E-state index in [1.54, 1.807) is 36.4 Å². The van der Waals surface area contributed by atoms with Gasteiger partial charge in [0, 0.05) is 28.7 Å². The molecule has 0 bridgehead atoms. The van der Waals surface area contributed by atoms with Crippen LogP contribution in [0.1, 0.15) is 22.3 Å². The molecule has 0 atom stereocenters. The summed E-state index contributed by atoms with van der Waals surface area (Å²) in [4.78, 5) is 24.8. The molecule has 0 aliphatic carbocycles. The molecule has 0 heterocycles. The van der Waals surface area contributed by atoms with Crippen molar-refractivity contribution in [2.24, 2.45) is 0 Å². The maximum Gasteiger partial charge on any atom is 0.255 e. The number of anilines is 3. The number of amides is 2. The molecule has 182 valence electrons. The first-order valence-corrected chi connectivity index (χ1v) is 11.9. The highest BCUT2D eigenvalue weighted by molar-refractivity contribution is 6.04. The molecule has 3 N–H and O–H groups in total. The Morgan fingerprint density at radius 3 is 2.11 bits per heavy atom. The number of carbonyl (C=O) groups is 2. The summed E-state index contributed by atoms with van der Waals surface area (Å²) in [5, 5.41) is 8.83. The van der Waals surface area contributed by atoms with E-state index < -0.39 is 0 Å². The Hall–Kier alpha value is -4.58. The third kappa shape index (κ3) is 7.74. The van der Waals surface area contributed by atoms with Crippen molar-refractivity contribution in [1.82, 2.24) is 0 Å². The van der Waals surface area contributed by atoms with Gasteiger partial charge in [-0.15, -0.1) is 0 Å². The van der Waals surface area contributed by atoms with E-state index in [1.807, 2.05) is 60.7 Å². The molecule has 0 aliphatic rings. The fraction of sp³-hybridized carbons (Fsp3) is 0.133. The number of aryl methyl sites for hydroxylation is 1. The van der Waals surface area contributed by atoms with Crippen molar-refractivity contribution < 1.29 is 14.3 Å². The van der Waals surface area contributed by atoms with Crippen LogP contribution in [0.4, 0.5) is 17.1 Å². The Bertz CT molecular complexity index is 1280. The summed E-state index contributed by atoms with van der Waals surface area (Å²) in [6, 6.07) is 34.0. The molecular formula is C30H29N3O3. The zero-order valence-corrected chi connectivity index (χ0v) is 19.9. The molecule has 6 heteroatoms. The second kappa shape index (κ2) is 12.8. The van der Waals surface area contributed by atoms with Crippen molar-refractivity contribution >= 4 is 28.9 Å². The van der Waals surface area contributed by atoms with E-state index >= 15 is 0 Å². The molecule has 0 aliphatic heterocycles. The lowest BCUT2D eigenvalue weighted by Gasteiger charge is -2.11. The number of ether oxygens (including phenoxy) is 1. The van der Waals surface area contributed by atoms with Crippen LogP contribution in [0.2, 0.25) is 0 Å². The first-order valence-electron chi connectivity index (χ1n) is 11.9. The highest BCUT2D eigenvalue weighted by atomic mass is 16.5. The smallest absolute Gasteiger partial charge is 0.255 e. The van der Waals surface area contributed by atoms with Crippen molar-refractivity contribution in [3.05, 3.63) is 120 Å². The minimum Gasteiger partial charge on any atom is -0.494 e. The van der Waals surface area contributed by atoms with E-state index in [4.69, 9.17) is 4.74 Å². The van der Waals surface area contributed by atoms with Gasteiger partial charge >= 0.3 is 0 Å². The van der Waals surface area contributed by atoms with E-state index in [0.29, 0.717) is 23.5 Å². The maximum absolute atomic E-state index is 12.5. The molecule has 0 unspecified atom stereocenters. The van der Waals surface area contributed by atoms with Gasteiger partial charge in [0.2, 0.25) is 5.91 Å². The van der Waals surface area contributed by atoms with Gasteiger partial charge in [-0.3, -0.25) is 9.59 Å². The molecule has 6 nitrogen and oxygen atoms in total. The van der Waals surface area contributed by atoms with Gasteiger partial charge in [-0.25, -0.2) is 0 Å². The monoisotopic (exact) mass is 479 g/mol. The minimum atomic E-state index is -0.206. The summed E-state index contributed by atoms with van der Waals surface area (Å²) < 4.78 is 5.87. The zero-order valence-electron chi connectivity index (χ0n) is 19.9. The number of rotatable bonds is 11. The summed E-state index contributed by atoms with van der Waals surface area (Å²) in [5.74, 6) is 0.356. The second-order valence-corrected chi connectivity index (χ2v) is 8.27. The van der Waals surface area contributed by atoms with Gasteiger partial charge in [-0.1, -0.05) is 60.7 Å². The van der Waals surface area contributed by atoms with Crippen LogP contribution < -0.4 is 20.7 Å². The number of hydrogen-bond donors (Lipinski definition) is 3. The molecule has 0 spiro atoms. The third-order valence-electron chi connectivity index (χ3n) is 5.45. The van der Waals surface area contributed by atoms with E-state index in [0.717, 1.165) is 24.3 Å². The summed E-state index contributed by atoms with van der Waals surface area (Å²) in [6.45, 7) is 0.716. The van der Waals surface area contributed by atoms with Gasteiger partial charge in [0.1, 0.15) is 5.75 Å². The molecule has 36 heavy (non-hydrogen) atoms. The number of hydrogen-bond acceptors (Lipinski definition) is 4. The van der Waals surface area contributed by atoms with Gasteiger partial charge in [0.25, 0.3) is 5.91 Å². The molecular weight excluding hydrogens is 450 g/mol. The molecule has 0 fully saturated rings. The summed E-state index contributed by atoms with van der Waals surface area (Å²) in [6.07, 6.45) is 1.89. The molecule has 4 aromatic carbocycles. The van der Waals surface area contributed by atoms with E-state index in [-0.39, 0.29) is 18.4 Å². The Balaban J connectivity index is 1.22. The number of benzene rings is 4. The standard InChI is InChI=1S/C30H29N3O3/c34-29(32-26-16-7-17-27(20-26)33-30(35)24-13-5-2-6-14-24)22-31-25-15-8-18-28(21-25)36-19-9-12-23-10-3-1-4-11-23/h1-8,10-11,13-18,20-21,31H,9,12,19,22H2,(H,32,34)(H,33,35). The molecule has 2 amide bonds. The third-order valence-corrected chi connectivity index (χ3v) is 5.45. The predicted molar refractivity (Wildman–Crippen MR) is 145 cm³/mol. The van der Waals surface area contributed by atoms with E-state index in [1.165, 1.54) is 5.56 Å². The van der Waals surface area contributed by atoms with Crippen LogP contribution in [-0.4, -0.2) is 25.0 Å². The van der Waals surface area contributed by atoms with Crippen molar-refractivity contribution in [3.63, 3.8) is 0 Å². The van der Waals surface area contributed by atoms with Gasteiger partial charge in [0.05, 0.1) is 13.2 Å². The van der Waals surface area contributed by atoms with Gasteiger partial charge < -0.3 is 20.7 Å². The topological polar surface area (TPSA) is 79.5 Å². The zero-order chi connectivity index (χ0) is 25.0. The molecule has 0 saturated carbocycles. The van der Waals surface area contributed by atoms with E-state index in [2.05, 4.69) is 28.1 Å². The Labute approximate surface area is 211 Å². The van der Waals surface area contributed by atoms with Gasteiger partial charge in [-0.05, 0) is 60.9 Å². The summed E-state index contributed by atoms with van der Waals surface area (Å²) >= 11 is 0. The van der Waals surface area contributed by atoms with Crippen LogP contribution in [0.15, 0.2) is 109 Å². The van der Waals surface area contributed by atoms with Crippen LogP contribution in [0, 0.1) is 0 Å². The fourth-order valence-corrected chi connectivity index (χ4v) is 3.66. The van der Waals surface area contributed by atoms with Crippen molar-refractivity contribution in [2.75, 3.05) is 29.1 Å². The van der Waals surface area contributed by atoms with Crippen LogP contribution in [-0.2, 0) is 11.2 Å². The molecule has 0 aromatic heterocycles. The molecule has 4 aromatic rings. The van der Waals surface area contributed by atoms with Crippen LogP contribution in [0.5, 0.6) is 5.75 Å². The number of carbonyl (C=O) groups excluding carboxylic acids is 2. The molecule has 4 rings (SSSR count). The highest BCUT2D eigenvalue weighted by Crippen LogP contribution is 2.19. The Morgan fingerprint density at radius 2 is 1.33 bits per heavy atom. The maximum atomic E-state index is 12.5. The van der Waals surface area contributed by atoms with Crippen LogP contribution >= 0.6 is 0 Å². The predicted octanol–water partition coefficient (Wildman–Crippen LogP) is 6.00. The largest absolute Gasteiger partial charge is 0.494 e. The average molecular weight is 480 g/mol. The lowest BCUT2D eigenvalue weighted by molar-refractivity contribution is -0.114. The number of nitrogens with one attached hydrogen (secondary N) is 3. The summed E-state index contributed by atoms with van der Waals surface area (Å²) in [7, 11) is 0. The summed E-state index contributed by atoms with van der Waals surface area (Å²) in [5.41, 5.74) is 3.87. The quantitative estimate of drug-likeness (QED) is 0.231. The second-order valence-electron chi connectivity index (χ2n) is 8.27. The highest BCUT2D eigenvalue weighted by Gasteiger charge is 2.07. The lowest BCUT2D eigenvalue weighted by atomic mass is 10.1. The molecule has 0 radical (unpaired) electrons. The van der Waals surface area contributed by atoms with Gasteiger partial charge in [-0.2, -0.15) is 0 Å². The first-order chi connectivity index (χ1) is 17.7. The van der Waals surface area contributed by atoms with E-state index in [9.17, 15) is 9.59 Å². The Morgan fingerprint density at radius 1 is 0.667 bits per heavy atom. The SMILES string of the molecule is O=C(CNc1cccc(OCCCc2ccccc2)c1)Nc1cccc(NC(=O)c2ccccc2)c1. The minimum absolute atomic E-state index is 0.0953. The van der Waals surface area contributed by atoms with Crippen LogP contribution in [0.25, 0.3) is 0 Å². The van der Waals surface area contributed by atoms with Crippen LogP contribution in [0.3, 0.4) is 0 Å². The first kappa shape index (κ1) is 24.5. The van der Waals surface area contributed by atoms with Gasteiger partial charge in [0.15, 0.2) is 0 Å². The van der Waals surface area contributed by atoms with Crippen molar-refractivity contribution in [2.45, 2.75) is 12.8 Å². The Kier molecular flexibility index (Phi) is 8.70. The average Bonchev–Trinajstić information content (AvgIpc) is 2.91.